The zero-order valence-corrected chi connectivity index (χ0v) is 11.6. The van der Waals surface area contributed by atoms with E-state index in [0.717, 1.165) is 6.42 Å². The Labute approximate surface area is 114 Å². The Morgan fingerprint density at radius 3 is 2.35 bits per heavy atom. The van der Waals surface area contributed by atoms with E-state index in [0.29, 0.717) is 6.54 Å². The second-order valence-corrected chi connectivity index (χ2v) is 5.63. The van der Waals surface area contributed by atoms with E-state index in [1.165, 1.54) is 20.7 Å². The van der Waals surface area contributed by atoms with E-state index < -0.39 is 0 Å². The third-order valence-electron chi connectivity index (χ3n) is 2.63. The van der Waals surface area contributed by atoms with Crippen LogP contribution in [-0.4, -0.2) is 6.54 Å². The Balaban J connectivity index is 2.37. The van der Waals surface area contributed by atoms with Gasteiger partial charge in [0.25, 0.3) is 0 Å². The van der Waals surface area contributed by atoms with Crippen molar-refractivity contribution in [3.63, 3.8) is 0 Å². The van der Waals surface area contributed by atoms with Crippen molar-refractivity contribution >= 4 is 13.6 Å². The molecule has 17 heavy (non-hydrogen) atoms. The summed E-state index contributed by atoms with van der Waals surface area (Å²) in [6.45, 7) is 0.680. The average molecular weight is 338 g/mol. The maximum atomic E-state index is 5.84. The summed E-state index contributed by atoms with van der Waals surface area (Å²) in [6.07, 6.45) is 0.913. The number of nitrogens with two attached hydrogens (primary N) is 1. The Morgan fingerprint density at radius 1 is 1.00 bits per heavy atom. The molecule has 0 unspecified atom stereocenters. The van der Waals surface area contributed by atoms with Gasteiger partial charge in [-0.25, -0.2) is 0 Å². The monoisotopic (exact) mass is 337 g/mol. The number of halogens is 1. The third kappa shape index (κ3) is 3.18. The SMILES string of the molecule is NCCc1ccccc1-c1cc[c]([Pd][Cl])cc1. The van der Waals surface area contributed by atoms with Crippen LogP contribution in [0.3, 0.4) is 0 Å². The topological polar surface area (TPSA) is 26.0 Å². The van der Waals surface area contributed by atoms with E-state index >= 15 is 0 Å². The first kappa shape index (κ1) is 12.8. The molecule has 0 aliphatic carbocycles. The molecule has 0 atom stereocenters. The molecule has 0 saturated carbocycles. The standard InChI is InChI=1S/C14H14N.ClH.Pd/c15-11-10-13-8-4-5-9-14(13)12-6-2-1-3-7-12;;/h2-9H,10-11,15H2;1H;/q;;+1/p-1. The zero-order chi connectivity index (χ0) is 12.1. The fraction of sp³-hybridized carbons (Fsp3) is 0.143. The van der Waals surface area contributed by atoms with Crippen LogP contribution in [0.5, 0.6) is 0 Å². The number of hydrogen-bond acceptors (Lipinski definition) is 1. The van der Waals surface area contributed by atoms with Gasteiger partial charge < -0.3 is 0 Å². The van der Waals surface area contributed by atoms with Gasteiger partial charge in [-0.1, -0.05) is 0 Å². The average Bonchev–Trinajstić information content (AvgIpc) is 2.40. The van der Waals surface area contributed by atoms with Crippen LogP contribution < -0.4 is 9.77 Å². The molecule has 2 aromatic rings. The van der Waals surface area contributed by atoms with Crippen molar-refractivity contribution in [1.82, 2.24) is 0 Å². The predicted octanol–water partition coefficient (Wildman–Crippen LogP) is 2.72. The molecule has 0 aromatic heterocycles. The Morgan fingerprint density at radius 2 is 1.71 bits per heavy atom. The summed E-state index contributed by atoms with van der Waals surface area (Å²) < 4.78 is 1.20. The van der Waals surface area contributed by atoms with Crippen LogP contribution in [0, 0.1) is 0 Å². The van der Waals surface area contributed by atoms with E-state index in [9.17, 15) is 0 Å². The molecule has 92 valence electrons. The molecule has 0 radical (unpaired) electrons. The van der Waals surface area contributed by atoms with Crippen molar-refractivity contribution in [2.24, 2.45) is 5.73 Å². The van der Waals surface area contributed by atoms with Crippen molar-refractivity contribution in [3.8, 4) is 11.1 Å². The molecule has 0 aliphatic rings. The molecule has 0 fully saturated rings. The molecule has 2 N–H and O–H groups in total. The Kier molecular flexibility index (Phi) is 4.77. The first-order chi connectivity index (χ1) is 8.35. The van der Waals surface area contributed by atoms with E-state index in [-0.39, 0.29) is 17.0 Å². The Bertz CT molecular complexity index is 482. The van der Waals surface area contributed by atoms with E-state index in [2.05, 4.69) is 48.5 Å². The number of benzene rings is 2. The minimum atomic E-state index is 0.153. The van der Waals surface area contributed by atoms with Gasteiger partial charge in [0.15, 0.2) is 0 Å². The van der Waals surface area contributed by atoms with Crippen LogP contribution in [0.4, 0.5) is 0 Å². The molecule has 2 rings (SSSR count). The molecule has 0 amide bonds. The molecule has 0 bridgehead atoms. The summed E-state index contributed by atoms with van der Waals surface area (Å²) in [5.74, 6) is 0. The summed E-state index contributed by atoms with van der Waals surface area (Å²) >= 11 is 0.153. The number of hydrogen-bond donors (Lipinski definition) is 1. The summed E-state index contributed by atoms with van der Waals surface area (Å²) in [6, 6.07) is 16.9. The fourth-order valence-corrected chi connectivity index (χ4v) is 2.76. The normalized spacial score (nSPS) is 10.7. The zero-order valence-electron chi connectivity index (χ0n) is 9.30. The molecular formula is C14H14ClNPd. The fourth-order valence-electron chi connectivity index (χ4n) is 1.83. The molecule has 3 heteroatoms. The molecule has 0 heterocycles. The van der Waals surface area contributed by atoms with E-state index in [1.807, 2.05) is 0 Å². The molecule has 0 aliphatic heterocycles. The predicted molar refractivity (Wildman–Crippen MR) is 70.1 cm³/mol. The van der Waals surface area contributed by atoms with Crippen LogP contribution in [0.25, 0.3) is 11.1 Å². The molecule has 2 aromatic carbocycles. The van der Waals surface area contributed by atoms with Crippen molar-refractivity contribution in [1.29, 1.82) is 0 Å². The van der Waals surface area contributed by atoms with Crippen LogP contribution in [0.1, 0.15) is 5.56 Å². The van der Waals surface area contributed by atoms with Crippen LogP contribution >= 0.6 is 9.53 Å². The van der Waals surface area contributed by atoms with Gasteiger partial charge in [0.05, 0.1) is 0 Å². The van der Waals surface area contributed by atoms with Gasteiger partial charge in [-0.2, -0.15) is 0 Å². The van der Waals surface area contributed by atoms with Crippen LogP contribution in [0.15, 0.2) is 48.5 Å². The Hall–Kier alpha value is -0.648. The maximum absolute atomic E-state index is 5.84. The van der Waals surface area contributed by atoms with Crippen LogP contribution in [-0.2, 0) is 23.4 Å². The van der Waals surface area contributed by atoms with Crippen LogP contribution in [0.2, 0.25) is 0 Å². The summed E-state index contributed by atoms with van der Waals surface area (Å²) in [5, 5.41) is 0. The quantitative estimate of drug-likeness (QED) is 0.853. The van der Waals surface area contributed by atoms with Gasteiger partial charge in [0.1, 0.15) is 0 Å². The van der Waals surface area contributed by atoms with Gasteiger partial charge in [0, 0.05) is 0 Å². The first-order valence-corrected chi connectivity index (χ1v) is 8.22. The molecule has 1 nitrogen and oxygen atoms in total. The second kappa shape index (κ2) is 6.33. The van der Waals surface area contributed by atoms with E-state index in [1.54, 1.807) is 0 Å². The van der Waals surface area contributed by atoms with Gasteiger partial charge in [-0.05, 0) is 0 Å². The van der Waals surface area contributed by atoms with Gasteiger partial charge in [-0.3, -0.25) is 0 Å². The van der Waals surface area contributed by atoms with Crippen molar-refractivity contribution < 1.29 is 17.0 Å². The summed E-state index contributed by atoms with van der Waals surface area (Å²) in [4.78, 5) is 0. The van der Waals surface area contributed by atoms with Gasteiger partial charge in [-0.15, -0.1) is 0 Å². The summed E-state index contributed by atoms with van der Waals surface area (Å²) in [5.41, 5.74) is 9.44. The third-order valence-corrected chi connectivity index (χ3v) is 4.31. The summed E-state index contributed by atoms with van der Waals surface area (Å²) in [7, 11) is 5.84. The minimum absolute atomic E-state index is 0.153. The first-order valence-electron chi connectivity index (χ1n) is 5.44. The van der Waals surface area contributed by atoms with Crippen molar-refractivity contribution in [2.45, 2.75) is 6.42 Å². The molecule has 0 saturated heterocycles. The van der Waals surface area contributed by atoms with Gasteiger partial charge >= 0.3 is 114 Å². The number of rotatable bonds is 4. The van der Waals surface area contributed by atoms with Crippen molar-refractivity contribution in [3.05, 3.63) is 54.1 Å². The molecule has 0 spiro atoms. The van der Waals surface area contributed by atoms with Gasteiger partial charge in [0.2, 0.25) is 0 Å². The van der Waals surface area contributed by atoms with E-state index in [4.69, 9.17) is 15.3 Å². The molecular weight excluding hydrogens is 324 g/mol. The second-order valence-electron chi connectivity index (χ2n) is 3.73. The van der Waals surface area contributed by atoms with Crippen molar-refractivity contribution in [2.75, 3.05) is 6.54 Å².